The summed E-state index contributed by atoms with van der Waals surface area (Å²) in [4.78, 5) is 0. The van der Waals surface area contributed by atoms with Crippen LogP contribution in [0.3, 0.4) is 0 Å². The van der Waals surface area contributed by atoms with Crippen LogP contribution in [0.4, 0.5) is 0 Å². The standard InChI is InChI=1S/C9H20N3O3.3ClH.Ti/c1-13-7-4-11-9(15-3)6-12-8(14-2)5-10-7;;;;/h7-11H,4-6H2,1-3H3;3*1H;/q-1;;;;+4/p-3. The van der Waals surface area contributed by atoms with Crippen LogP contribution >= 0.6 is 27.9 Å². The summed E-state index contributed by atoms with van der Waals surface area (Å²) in [5.41, 5.74) is 0. The van der Waals surface area contributed by atoms with Gasteiger partial charge in [0, 0.05) is 34.4 Å². The molecule has 0 saturated carbocycles. The summed E-state index contributed by atoms with van der Waals surface area (Å²) < 4.78 is 15.7. The molecule has 0 aliphatic carbocycles. The number of methoxy groups -OCH3 is 3. The van der Waals surface area contributed by atoms with E-state index in [-0.39, 0.29) is 18.7 Å². The van der Waals surface area contributed by atoms with Gasteiger partial charge in [-0.15, -0.1) is 6.54 Å². The molecule has 10 heteroatoms. The minimum absolute atomic E-state index is 0.0476. The molecule has 2 N–H and O–H groups in total. The molecule has 0 radical (unpaired) electrons. The van der Waals surface area contributed by atoms with Gasteiger partial charge in [0.1, 0.15) is 6.23 Å². The van der Waals surface area contributed by atoms with Crippen molar-refractivity contribution in [3.63, 3.8) is 0 Å². The number of nitrogens with zero attached hydrogens (tertiary/aromatic N) is 1. The van der Waals surface area contributed by atoms with E-state index in [9.17, 15) is 0 Å². The van der Waals surface area contributed by atoms with Crippen LogP contribution in [0, 0.1) is 0 Å². The first-order valence-electron chi connectivity index (χ1n) is 5.58. The van der Waals surface area contributed by atoms with Gasteiger partial charge in [-0.1, -0.05) is 0 Å². The average Bonchev–Trinajstić information content (AvgIpc) is 2.47. The van der Waals surface area contributed by atoms with Crippen molar-refractivity contribution in [3.8, 4) is 0 Å². The first-order chi connectivity index (χ1) is 9.03. The molecular weight excluding hydrogens is 352 g/mol. The first kappa shape index (κ1) is 20.3. The molecule has 0 aromatic carbocycles. The fourth-order valence-corrected chi connectivity index (χ4v) is 1.37. The van der Waals surface area contributed by atoms with Gasteiger partial charge in [0.2, 0.25) is 0 Å². The quantitative estimate of drug-likeness (QED) is 0.736. The number of nitrogens with one attached hydrogen (secondary N) is 2. The first-order valence-corrected chi connectivity index (χ1v) is 12.0. The van der Waals surface area contributed by atoms with Gasteiger partial charge < -0.3 is 19.5 Å². The Labute approximate surface area is 132 Å². The van der Waals surface area contributed by atoms with E-state index in [2.05, 4.69) is 16.0 Å². The Bertz CT molecular complexity index is 177. The zero-order valence-corrected chi connectivity index (χ0v) is 15.0. The summed E-state index contributed by atoms with van der Waals surface area (Å²) in [6.45, 7) is 1.90. The number of hydrogen-bond donors (Lipinski definition) is 2. The summed E-state index contributed by atoms with van der Waals surface area (Å²) in [5, 5.41) is 10.8. The van der Waals surface area contributed by atoms with Gasteiger partial charge in [-0.05, 0) is 6.23 Å². The topological polar surface area (TPSA) is 65.8 Å². The molecule has 0 bridgehead atoms. The number of hydrogen-bond acceptors (Lipinski definition) is 5. The van der Waals surface area contributed by atoms with Crippen molar-refractivity contribution in [2.75, 3.05) is 41.0 Å². The van der Waals surface area contributed by atoms with Gasteiger partial charge in [0.25, 0.3) is 0 Å². The SMILES string of the molecule is COC1CNC(OC)CNC(OC)C[N-]1.[Cl][Ti+]([Cl])[Cl]. The Balaban J connectivity index is 0.000000711. The van der Waals surface area contributed by atoms with Crippen LogP contribution in [0.1, 0.15) is 0 Å². The third-order valence-electron chi connectivity index (χ3n) is 2.37. The number of halogens is 3. The molecule has 6 nitrogen and oxygen atoms in total. The predicted molar refractivity (Wildman–Crippen MR) is 74.2 cm³/mol. The average molecular weight is 373 g/mol. The van der Waals surface area contributed by atoms with Crippen molar-refractivity contribution in [2.45, 2.75) is 18.7 Å². The molecular formula is C9H20Cl3N3O3Ti. The molecule has 1 saturated heterocycles. The van der Waals surface area contributed by atoms with E-state index in [1.807, 2.05) is 0 Å². The molecule has 1 aliphatic heterocycles. The number of ether oxygens (including phenoxy) is 3. The molecule has 1 rings (SSSR count). The fraction of sp³-hybridized carbons (Fsp3) is 1.00. The second kappa shape index (κ2) is 13.0. The van der Waals surface area contributed by atoms with E-state index < -0.39 is 14.7 Å². The van der Waals surface area contributed by atoms with E-state index in [1.165, 1.54) is 0 Å². The van der Waals surface area contributed by atoms with E-state index in [0.717, 1.165) is 0 Å². The van der Waals surface area contributed by atoms with Crippen molar-refractivity contribution in [1.82, 2.24) is 10.6 Å². The van der Waals surface area contributed by atoms with Crippen LogP contribution in [0.5, 0.6) is 0 Å². The third-order valence-corrected chi connectivity index (χ3v) is 2.37. The monoisotopic (exact) mass is 371 g/mol. The Kier molecular flexibility index (Phi) is 14.0. The van der Waals surface area contributed by atoms with Crippen molar-refractivity contribution in [2.24, 2.45) is 0 Å². The fourth-order valence-electron chi connectivity index (χ4n) is 1.37. The maximum atomic E-state index is 5.24. The van der Waals surface area contributed by atoms with Crippen LogP contribution in [0.15, 0.2) is 0 Å². The Morgan fingerprint density at radius 2 is 1.47 bits per heavy atom. The zero-order valence-electron chi connectivity index (χ0n) is 11.2. The van der Waals surface area contributed by atoms with Crippen molar-refractivity contribution < 1.29 is 28.9 Å². The van der Waals surface area contributed by atoms with E-state index in [1.54, 1.807) is 21.3 Å². The van der Waals surface area contributed by atoms with Crippen molar-refractivity contribution in [1.29, 1.82) is 0 Å². The molecule has 3 atom stereocenters. The number of rotatable bonds is 3. The zero-order chi connectivity index (χ0) is 14.7. The molecule has 3 unspecified atom stereocenters. The van der Waals surface area contributed by atoms with E-state index >= 15 is 0 Å². The molecule has 0 aromatic heterocycles. The summed E-state index contributed by atoms with van der Waals surface area (Å²) in [6, 6.07) is 0. The predicted octanol–water partition coefficient (Wildman–Crippen LogP) is 1.54. The normalized spacial score (nSPS) is 28.4. The minimum atomic E-state index is -1.92. The van der Waals surface area contributed by atoms with E-state index in [0.29, 0.717) is 19.6 Å². The van der Waals surface area contributed by atoms with Gasteiger partial charge >= 0.3 is 42.6 Å². The van der Waals surface area contributed by atoms with Crippen LogP contribution in [-0.4, -0.2) is 59.6 Å². The van der Waals surface area contributed by atoms with Crippen LogP contribution in [0.25, 0.3) is 5.32 Å². The Morgan fingerprint density at radius 1 is 0.947 bits per heavy atom. The molecule has 1 fully saturated rings. The second-order valence-corrected chi connectivity index (χ2v) is 11.3. The molecule has 0 spiro atoms. The summed E-state index contributed by atoms with van der Waals surface area (Å²) in [6.07, 6.45) is -0.283. The summed E-state index contributed by atoms with van der Waals surface area (Å²) in [5.74, 6) is 0. The van der Waals surface area contributed by atoms with Gasteiger partial charge in [-0.2, -0.15) is 0 Å². The van der Waals surface area contributed by atoms with Crippen LogP contribution in [-0.2, 0) is 28.9 Å². The van der Waals surface area contributed by atoms with Crippen LogP contribution in [0.2, 0.25) is 0 Å². The summed E-state index contributed by atoms with van der Waals surface area (Å²) >= 11 is -1.92. The van der Waals surface area contributed by atoms with Gasteiger partial charge in [-0.3, -0.25) is 10.6 Å². The van der Waals surface area contributed by atoms with E-state index in [4.69, 9.17) is 42.1 Å². The Morgan fingerprint density at radius 3 is 1.95 bits per heavy atom. The molecule has 1 aliphatic rings. The second-order valence-electron chi connectivity index (χ2n) is 3.53. The molecule has 1 heterocycles. The van der Waals surface area contributed by atoms with Crippen LogP contribution < -0.4 is 10.6 Å². The molecule has 0 aromatic rings. The molecule has 114 valence electrons. The summed E-state index contributed by atoms with van der Waals surface area (Å²) in [7, 11) is 19.9. The van der Waals surface area contributed by atoms with Crippen molar-refractivity contribution in [3.05, 3.63) is 5.32 Å². The molecule has 0 amide bonds. The third kappa shape index (κ3) is 11.7. The maximum absolute atomic E-state index is 5.24. The van der Waals surface area contributed by atoms with Crippen molar-refractivity contribution >= 4 is 27.9 Å². The van der Waals surface area contributed by atoms with Gasteiger partial charge in [0.05, 0.1) is 6.23 Å². The van der Waals surface area contributed by atoms with Gasteiger partial charge in [-0.25, -0.2) is 0 Å². The van der Waals surface area contributed by atoms with Gasteiger partial charge in [0.15, 0.2) is 0 Å². The molecule has 19 heavy (non-hydrogen) atoms. The Hall–Kier alpha value is 1.34.